The van der Waals surface area contributed by atoms with Crippen LogP contribution in [0.1, 0.15) is 48.2 Å². The van der Waals surface area contributed by atoms with Crippen LogP contribution in [0.15, 0.2) is 54.7 Å². The highest BCUT2D eigenvalue weighted by Gasteiger charge is 2.37. The number of rotatable bonds is 6. The van der Waals surface area contributed by atoms with E-state index in [0.717, 1.165) is 22.3 Å². The lowest BCUT2D eigenvalue weighted by molar-refractivity contribution is -0.143. The van der Waals surface area contributed by atoms with E-state index < -0.39 is 18.1 Å². The highest BCUT2D eigenvalue weighted by molar-refractivity contribution is 5.82. The molecule has 7 nitrogen and oxygen atoms in total. The molecule has 2 aromatic carbocycles. The smallest absolute Gasteiger partial charge is 0.411 e. The summed E-state index contributed by atoms with van der Waals surface area (Å²) in [6.07, 6.45) is 0.984. The summed E-state index contributed by atoms with van der Waals surface area (Å²) in [6.45, 7) is 5.43. The van der Waals surface area contributed by atoms with Gasteiger partial charge < -0.3 is 9.84 Å². The molecule has 166 valence electrons. The first-order valence-corrected chi connectivity index (χ1v) is 10.7. The number of aryl methyl sites for hydroxylation is 2. The van der Waals surface area contributed by atoms with Crippen LogP contribution in [0.25, 0.3) is 11.1 Å². The first-order valence-electron chi connectivity index (χ1n) is 10.7. The van der Waals surface area contributed by atoms with Gasteiger partial charge in [-0.15, -0.1) is 0 Å². The Labute approximate surface area is 187 Å². The molecule has 1 heterocycles. The summed E-state index contributed by atoms with van der Waals surface area (Å²) in [5.74, 6) is -1.22. The summed E-state index contributed by atoms with van der Waals surface area (Å²) in [5, 5.41) is 14.2. The number of amides is 1. The highest BCUT2D eigenvalue weighted by atomic mass is 16.6. The van der Waals surface area contributed by atoms with Gasteiger partial charge in [-0.05, 0) is 43.0 Å². The molecule has 1 aliphatic carbocycles. The van der Waals surface area contributed by atoms with E-state index in [9.17, 15) is 14.7 Å². The van der Waals surface area contributed by atoms with Crippen molar-refractivity contribution in [1.82, 2.24) is 14.7 Å². The van der Waals surface area contributed by atoms with Crippen molar-refractivity contribution in [2.45, 2.75) is 38.8 Å². The zero-order valence-electron chi connectivity index (χ0n) is 18.6. The first-order chi connectivity index (χ1) is 15.3. The minimum Gasteiger partial charge on any atom is -0.479 e. The first kappa shape index (κ1) is 21.6. The lowest BCUT2D eigenvalue weighted by atomic mass is 9.98. The molecule has 0 aliphatic heterocycles. The van der Waals surface area contributed by atoms with E-state index in [1.54, 1.807) is 38.7 Å². The van der Waals surface area contributed by atoms with Crippen molar-refractivity contribution < 1.29 is 19.4 Å². The van der Waals surface area contributed by atoms with Gasteiger partial charge in [-0.2, -0.15) is 5.10 Å². The van der Waals surface area contributed by atoms with Crippen LogP contribution in [-0.2, 0) is 16.6 Å². The third-order valence-corrected chi connectivity index (χ3v) is 5.96. The fourth-order valence-corrected chi connectivity index (χ4v) is 4.57. The normalized spacial score (nSPS) is 13.5. The van der Waals surface area contributed by atoms with Gasteiger partial charge in [0.15, 0.2) is 6.04 Å². The zero-order valence-corrected chi connectivity index (χ0v) is 18.6. The molecule has 0 fully saturated rings. The quantitative estimate of drug-likeness (QED) is 0.618. The third-order valence-electron chi connectivity index (χ3n) is 5.96. The maximum atomic E-state index is 13.2. The standard InChI is InChI=1S/C25H27N3O4/c1-15(2)28(23(24(29)30)21-13-27(4)26-16(21)3)25(31)32-14-22-19-11-7-5-9-17(19)18-10-6-8-12-20(18)22/h5-13,15,22-23H,14H2,1-4H3,(H,29,30). The molecule has 0 saturated carbocycles. The molecule has 0 bridgehead atoms. The van der Waals surface area contributed by atoms with Crippen LogP contribution >= 0.6 is 0 Å². The summed E-state index contributed by atoms with van der Waals surface area (Å²) >= 11 is 0. The fraction of sp³-hybridized carbons (Fsp3) is 0.320. The van der Waals surface area contributed by atoms with Gasteiger partial charge in [-0.25, -0.2) is 9.59 Å². The fourth-order valence-electron chi connectivity index (χ4n) is 4.57. The van der Waals surface area contributed by atoms with Gasteiger partial charge in [-0.3, -0.25) is 9.58 Å². The number of nitrogens with zero attached hydrogens (tertiary/aromatic N) is 3. The number of carboxylic acid groups (broad SMARTS) is 1. The number of fused-ring (bicyclic) bond motifs is 3. The van der Waals surface area contributed by atoms with E-state index in [4.69, 9.17) is 4.74 Å². The van der Waals surface area contributed by atoms with Crippen LogP contribution < -0.4 is 0 Å². The molecular weight excluding hydrogens is 406 g/mol. The second-order valence-electron chi connectivity index (χ2n) is 8.39. The minimum atomic E-state index is -1.18. The number of carbonyl (C=O) groups is 2. The van der Waals surface area contributed by atoms with E-state index in [1.807, 2.05) is 36.4 Å². The summed E-state index contributed by atoms with van der Waals surface area (Å²) in [5.41, 5.74) is 5.53. The number of hydrogen-bond donors (Lipinski definition) is 1. The molecule has 0 saturated heterocycles. The highest BCUT2D eigenvalue weighted by Crippen LogP contribution is 2.44. The van der Waals surface area contributed by atoms with Gasteiger partial charge >= 0.3 is 12.1 Å². The Morgan fingerprint density at radius 3 is 2.12 bits per heavy atom. The summed E-state index contributed by atoms with van der Waals surface area (Å²) in [4.78, 5) is 26.7. The number of carboxylic acids is 1. The number of hydrogen-bond acceptors (Lipinski definition) is 4. The molecule has 1 aliphatic rings. The van der Waals surface area contributed by atoms with Crippen molar-refractivity contribution >= 4 is 12.1 Å². The predicted molar refractivity (Wildman–Crippen MR) is 120 cm³/mol. The SMILES string of the molecule is Cc1nn(C)cc1C(C(=O)O)N(C(=O)OCC1c2ccccc2-c2ccccc21)C(C)C. The Kier molecular flexibility index (Phi) is 5.74. The average molecular weight is 434 g/mol. The van der Waals surface area contributed by atoms with Crippen molar-refractivity contribution in [3.63, 3.8) is 0 Å². The van der Waals surface area contributed by atoms with Gasteiger partial charge in [0.25, 0.3) is 0 Å². The van der Waals surface area contributed by atoms with Gasteiger partial charge in [-0.1, -0.05) is 48.5 Å². The zero-order chi connectivity index (χ0) is 23.0. The Morgan fingerprint density at radius 2 is 1.66 bits per heavy atom. The number of benzene rings is 2. The molecule has 32 heavy (non-hydrogen) atoms. The van der Waals surface area contributed by atoms with Crippen LogP contribution in [0.3, 0.4) is 0 Å². The molecule has 0 radical (unpaired) electrons. The van der Waals surface area contributed by atoms with Crippen LogP contribution in [0.2, 0.25) is 0 Å². The van der Waals surface area contributed by atoms with Gasteiger partial charge in [0, 0.05) is 30.8 Å². The predicted octanol–water partition coefficient (Wildman–Crippen LogP) is 4.51. The molecule has 1 N–H and O–H groups in total. The second-order valence-corrected chi connectivity index (χ2v) is 8.39. The largest absolute Gasteiger partial charge is 0.479 e. The van der Waals surface area contributed by atoms with E-state index in [0.29, 0.717) is 11.3 Å². The number of ether oxygens (including phenoxy) is 1. The number of aliphatic carboxylic acids is 1. The molecule has 1 atom stereocenters. The number of aromatic nitrogens is 2. The Morgan fingerprint density at radius 1 is 1.09 bits per heavy atom. The molecule has 4 rings (SSSR count). The maximum absolute atomic E-state index is 13.2. The average Bonchev–Trinajstić information content (AvgIpc) is 3.25. The second kappa shape index (κ2) is 8.49. The Bertz CT molecular complexity index is 1120. The van der Waals surface area contributed by atoms with Crippen LogP contribution in [0.5, 0.6) is 0 Å². The molecule has 7 heteroatoms. The topological polar surface area (TPSA) is 84.7 Å². The molecule has 1 unspecified atom stereocenters. The summed E-state index contributed by atoms with van der Waals surface area (Å²) in [7, 11) is 1.72. The van der Waals surface area contributed by atoms with Crippen molar-refractivity contribution in [3.05, 3.63) is 77.1 Å². The van der Waals surface area contributed by atoms with Crippen molar-refractivity contribution in [2.75, 3.05) is 6.61 Å². The molecule has 1 aromatic heterocycles. The van der Waals surface area contributed by atoms with Gasteiger partial charge in [0.1, 0.15) is 6.61 Å². The van der Waals surface area contributed by atoms with Crippen LogP contribution in [0.4, 0.5) is 4.79 Å². The van der Waals surface area contributed by atoms with Gasteiger partial charge in [0.2, 0.25) is 0 Å². The Balaban J connectivity index is 1.61. The lowest BCUT2D eigenvalue weighted by Crippen LogP contribution is -2.44. The van der Waals surface area contributed by atoms with E-state index in [2.05, 4.69) is 17.2 Å². The van der Waals surface area contributed by atoms with Crippen LogP contribution in [0, 0.1) is 6.92 Å². The van der Waals surface area contributed by atoms with E-state index in [-0.39, 0.29) is 18.6 Å². The minimum absolute atomic E-state index is 0.0937. The summed E-state index contributed by atoms with van der Waals surface area (Å²) < 4.78 is 7.31. The lowest BCUT2D eigenvalue weighted by Gasteiger charge is -2.32. The van der Waals surface area contributed by atoms with Crippen molar-refractivity contribution in [2.24, 2.45) is 7.05 Å². The molecule has 3 aromatic rings. The van der Waals surface area contributed by atoms with E-state index >= 15 is 0 Å². The molecule has 1 amide bonds. The molecular formula is C25H27N3O4. The van der Waals surface area contributed by atoms with E-state index in [1.165, 1.54) is 4.90 Å². The third kappa shape index (κ3) is 3.75. The van der Waals surface area contributed by atoms with Crippen molar-refractivity contribution in [3.8, 4) is 11.1 Å². The monoisotopic (exact) mass is 433 g/mol. The van der Waals surface area contributed by atoms with Crippen molar-refractivity contribution in [1.29, 1.82) is 0 Å². The van der Waals surface area contributed by atoms with Crippen LogP contribution in [-0.4, -0.2) is 44.5 Å². The van der Waals surface area contributed by atoms with Gasteiger partial charge in [0.05, 0.1) is 5.69 Å². The number of carbonyl (C=O) groups excluding carboxylic acids is 1. The maximum Gasteiger partial charge on any atom is 0.411 e. The molecule has 0 spiro atoms. The Hall–Kier alpha value is -3.61. The summed E-state index contributed by atoms with van der Waals surface area (Å²) in [6, 6.07) is 14.6.